The van der Waals surface area contributed by atoms with Gasteiger partial charge in [-0.2, -0.15) is 0 Å². The lowest BCUT2D eigenvalue weighted by Crippen LogP contribution is -2.45. The molecule has 5 nitrogen and oxygen atoms in total. The first kappa shape index (κ1) is 20.6. The SMILES string of the molecule is CC(OCCCNC(=O)C1CCCN(C(=O)c2cccs2)C1)c1ccccc1. The number of nitrogens with zero attached hydrogens (tertiary/aromatic N) is 1. The van der Waals surface area contributed by atoms with E-state index in [2.05, 4.69) is 17.4 Å². The number of carbonyl (C=O) groups excluding carboxylic acids is 2. The second-order valence-corrected chi connectivity index (χ2v) is 8.08. The molecular formula is C22H28N2O3S. The van der Waals surface area contributed by atoms with Gasteiger partial charge in [0.15, 0.2) is 0 Å². The van der Waals surface area contributed by atoms with E-state index < -0.39 is 0 Å². The summed E-state index contributed by atoms with van der Waals surface area (Å²) in [6.07, 6.45) is 2.52. The Balaban J connectivity index is 1.36. The summed E-state index contributed by atoms with van der Waals surface area (Å²) in [7, 11) is 0. The van der Waals surface area contributed by atoms with Gasteiger partial charge < -0.3 is 15.0 Å². The molecule has 2 atom stereocenters. The Morgan fingerprint density at radius 2 is 2.07 bits per heavy atom. The van der Waals surface area contributed by atoms with Crippen molar-refractivity contribution in [2.45, 2.75) is 32.3 Å². The van der Waals surface area contributed by atoms with Crippen molar-refractivity contribution in [2.75, 3.05) is 26.2 Å². The van der Waals surface area contributed by atoms with E-state index in [9.17, 15) is 9.59 Å². The van der Waals surface area contributed by atoms with Crippen molar-refractivity contribution < 1.29 is 14.3 Å². The highest BCUT2D eigenvalue weighted by Gasteiger charge is 2.29. The van der Waals surface area contributed by atoms with Gasteiger partial charge in [0.25, 0.3) is 5.91 Å². The highest BCUT2D eigenvalue weighted by molar-refractivity contribution is 7.12. The van der Waals surface area contributed by atoms with Crippen LogP contribution in [0, 0.1) is 5.92 Å². The fourth-order valence-corrected chi connectivity index (χ4v) is 4.13. The van der Waals surface area contributed by atoms with Crippen molar-refractivity contribution in [3.8, 4) is 0 Å². The first-order valence-corrected chi connectivity index (χ1v) is 10.8. The van der Waals surface area contributed by atoms with Crippen molar-refractivity contribution in [3.05, 3.63) is 58.3 Å². The third-order valence-corrected chi connectivity index (χ3v) is 5.93. The Morgan fingerprint density at radius 1 is 1.25 bits per heavy atom. The van der Waals surface area contributed by atoms with Crippen LogP contribution in [0.1, 0.15) is 47.5 Å². The highest BCUT2D eigenvalue weighted by Crippen LogP contribution is 2.21. The van der Waals surface area contributed by atoms with Gasteiger partial charge in [-0.1, -0.05) is 36.4 Å². The van der Waals surface area contributed by atoms with Gasteiger partial charge >= 0.3 is 0 Å². The molecule has 150 valence electrons. The molecule has 0 saturated carbocycles. The highest BCUT2D eigenvalue weighted by atomic mass is 32.1. The lowest BCUT2D eigenvalue weighted by molar-refractivity contribution is -0.126. The predicted octanol–water partition coefficient (Wildman–Crippen LogP) is 3.88. The van der Waals surface area contributed by atoms with Gasteiger partial charge in [0, 0.05) is 26.2 Å². The van der Waals surface area contributed by atoms with Gasteiger partial charge in [0.2, 0.25) is 5.91 Å². The molecule has 28 heavy (non-hydrogen) atoms. The van der Waals surface area contributed by atoms with Gasteiger partial charge in [-0.15, -0.1) is 11.3 Å². The normalized spacial score (nSPS) is 17.9. The van der Waals surface area contributed by atoms with Crippen LogP contribution >= 0.6 is 11.3 Å². The number of ether oxygens (including phenoxy) is 1. The second kappa shape index (κ2) is 10.4. The zero-order valence-corrected chi connectivity index (χ0v) is 17.1. The van der Waals surface area contributed by atoms with Crippen molar-refractivity contribution in [2.24, 2.45) is 5.92 Å². The van der Waals surface area contributed by atoms with Crippen LogP contribution < -0.4 is 5.32 Å². The molecule has 3 rings (SSSR count). The van der Waals surface area contributed by atoms with Crippen molar-refractivity contribution in [3.63, 3.8) is 0 Å². The molecule has 0 aliphatic carbocycles. The fraction of sp³-hybridized carbons (Fsp3) is 0.455. The number of hydrogen-bond donors (Lipinski definition) is 1. The number of likely N-dealkylation sites (tertiary alicyclic amines) is 1. The maximum absolute atomic E-state index is 12.5. The fourth-order valence-electron chi connectivity index (χ4n) is 3.44. The van der Waals surface area contributed by atoms with E-state index in [1.54, 1.807) is 0 Å². The molecule has 6 heteroatoms. The average Bonchev–Trinajstić information content (AvgIpc) is 3.28. The Hall–Kier alpha value is -2.18. The topological polar surface area (TPSA) is 58.6 Å². The minimum atomic E-state index is -0.123. The summed E-state index contributed by atoms with van der Waals surface area (Å²) in [5.41, 5.74) is 1.16. The van der Waals surface area contributed by atoms with E-state index in [0.717, 1.165) is 36.2 Å². The van der Waals surface area contributed by atoms with Crippen LogP contribution in [-0.2, 0) is 9.53 Å². The maximum Gasteiger partial charge on any atom is 0.263 e. The molecule has 0 bridgehead atoms. The van der Waals surface area contributed by atoms with Crippen LogP contribution in [0.2, 0.25) is 0 Å². The summed E-state index contributed by atoms with van der Waals surface area (Å²) < 4.78 is 5.84. The van der Waals surface area contributed by atoms with Crippen LogP contribution in [0.4, 0.5) is 0 Å². The maximum atomic E-state index is 12.5. The van der Waals surface area contributed by atoms with Gasteiger partial charge in [-0.3, -0.25) is 9.59 Å². The van der Waals surface area contributed by atoms with Crippen molar-refractivity contribution in [1.29, 1.82) is 0 Å². The van der Waals surface area contributed by atoms with Crippen LogP contribution in [0.3, 0.4) is 0 Å². The third-order valence-electron chi connectivity index (χ3n) is 5.07. The molecule has 2 amide bonds. The zero-order chi connectivity index (χ0) is 19.8. The first-order chi connectivity index (χ1) is 13.6. The minimum absolute atomic E-state index is 0.0378. The smallest absolute Gasteiger partial charge is 0.263 e. The van der Waals surface area contributed by atoms with Gasteiger partial charge in [0.1, 0.15) is 0 Å². The predicted molar refractivity (Wildman–Crippen MR) is 111 cm³/mol. The standard InChI is InChI=1S/C22H28N2O3S/c1-17(18-8-3-2-4-9-18)27-14-7-12-23-21(25)19-10-5-13-24(16-19)22(26)20-11-6-15-28-20/h2-4,6,8-9,11,15,17,19H,5,7,10,12-14,16H2,1H3,(H,23,25). The average molecular weight is 401 g/mol. The van der Waals surface area contributed by atoms with Crippen molar-refractivity contribution in [1.82, 2.24) is 10.2 Å². The molecule has 1 aromatic heterocycles. The van der Waals surface area contributed by atoms with E-state index in [0.29, 0.717) is 19.7 Å². The lowest BCUT2D eigenvalue weighted by atomic mass is 9.97. The van der Waals surface area contributed by atoms with Crippen LogP contribution in [0.5, 0.6) is 0 Å². The summed E-state index contributed by atoms with van der Waals surface area (Å²) in [5, 5.41) is 4.91. The van der Waals surface area contributed by atoms with E-state index >= 15 is 0 Å². The molecule has 0 spiro atoms. The van der Waals surface area contributed by atoms with Crippen LogP contribution in [-0.4, -0.2) is 43.0 Å². The second-order valence-electron chi connectivity index (χ2n) is 7.14. The quantitative estimate of drug-likeness (QED) is 0.684. The van der Waals surface area contributed by atoms with E-state index in [1.807, 2.05) is 47.5 Å². The number of nitrogens with one attached hydrogen (secondary N) is 1. The largest absolute Gasteiger partial charge is 0.374 e. The Bertz CT molecular complexity index is 748. The number of thiophene rings is 1. The van der Waals surface area contributed by atoms with Gasteiger partial charge in [0.05, 0.1) is 16.9 Å². The monoisotopic (exact) mass is 400 g/mol. The molecule has 1 N–H and O–H groups in total. The number of amides is 2. The molecule has 1 aliphatic rings. The van der Waals surface area contributed by atoms with E-state index in [1.165, 1.54) is 11.3 Å². The van der Waals surface area contributed by atoms with E-state index in [-0.39, 0.29) is 23.8 Å². The summed E-state index contributed by atoms with van der Waals surface area (Å²) in [5.74, 6) is -0.0441. The number of carbonyl (C=O) groups is 2. The summed E-state index contributed by atoms with van der Waals surface area (Å²) in [4.78, 5) is 27.5. The number of hydrogen-bond acceptors (Lipinski definition) is 4. The van der Waals surface area contributed by atoms with Crippen LogP contribution in [0.15, 0.2) is 47.8 Å². The Kier molecular flexibility index (Phi) is 7.62. The molecule has 1 aromatic carbocycles. The first-order valence-electron chi connectivity index (χ1n) is 9.92. The number of rotatable bonds is 8. The molecule has 2 heterocycles. The summed E-state index contributed by atoms with van der Waals surface area (Å²) in [6.45, 7) is 4.46. The zero-order valence-electron chi connectivity index (χ0n) is 16.3. The lowest BCUT2D eigenvalue weighted by Gasteiger charge is -2.31. The molecule has 1 saturated heterocycles. The van der Waals surface area contributed by atoms with Crippen LogP contribution in [0.25, 0.3) is 0 Å². The molecule has 2 unspecified atom stereocenters. The summed E-state index contributed by atoms with van der Waals surface area (Å²) >= 11 is 1.45. The van der Waals surface area contributed by atoms with Gasteiger partial charge in [-0.05, 0) is 43.2 Å². The number of piperidine rings is 1. The minimum Gasteiger partial charge on any atom is -0.374 e. The molecule has 2 aromatic rings. The van der Waals surface area contributed by atoms with E-state index in [4.69, 9.17) is 4.74 Å². The molecule has 1 aliphatic heterocycles. The third kappa shape index (κ3) is 5.66. The molecule has 1 fully saturated rings. The Morgan fingerprint density at radius 3 is 2.82 bits per heavy atom. The Labute approximate surface area is 170 Å². The number of benzene rings is 1. The summed E-state index contributed by atoms with van der Waals surface area (Å²) in [6, 6.07) is 13.8. The molecular weight excluding hydrogens is 372 g/mol. The van der Waals surface area contributed by atoms with Gasteiger partial charge in [-0.25, -0.2) is 0 Å². The molecule has 0 radical (unpaired) electrons. The van der Waals surface area contributed by atoms with Crippen molar-refractivity contribution >= 4 is 23.2 Å².